The van der Waals surface area contributed by atoms with E-state index in [1.807, 2.05) is 0 Å². The maximum absolute atomic E-state index is 3.81. The Hall–Kier alpha value is -0.120. The van der Waals surface area contributed by atoms with Crippen LogP contribution in [0, 0.1) is 11.8 Å². The van der Waals surface area contributed by atoms with E-state index in [9.17, 15) is 0 Å². The van der Waals surface area contributed by atoms with E-state index in [1.165, 1.54) is 38.9 Å². The summed E-state index contributed by atoms with van der Waals surface area (Å²) in [7, 11) is 4.42. The zero-order valence-corrected chi connectivity index (χ0v) is 14.7. The Balaban J connectivity index is 2.25. The number of hydrogen-bond donors (Lipinski definition) is 1. The van der Waals surface area contributed by atoms with Gasteiger partial charge in [-0.1, -0.05) is 27.7 Å². The molecule has 0 bridgehead atoms. The van der Waals surface area contributed by atoms with Crippen molar-refractivity contribution in [1.29, 1.82) is 0 Å². The number of likely N-dealkylation sites (N-methyl/N-ethyl adjacent to an activating group) is 1. The number of nitrogens with zero attached hydrogens (tertiary/aromatic N) is 2. The summed E-state index contributed by atoms with van der Waals surface area (Å²) >= 11 is 0. The van der Waals surface area contributed by atoms with E-state index in [0.29, 0.717) is 6.04 Å². The molecule has 3 heteroatoms. The van der Waals surface area contributed by atoms with Crippen molar-refractivity contribution in [3.8, 4) is 0 Å². The van der Waals surface area contributed by atoms with Crippen LogP contribution in [-0.4, -0.2) is 62.2 Å². The molecule has 0 aliphatic carbocycles. The van der Waals surface area contributed by atoms with Crippen LogP contribution in [0.4, 0.5) is 0 Å². The summed E-state index contributed by atoms with van der Waals surface area (Å²) in [5.74, 6) is 1.57. The van der Waals surface area contributed by atoms with Gasteiger partial charge in [0.25, 0.3) is 0 Å². The van der Waals surface area contributed by atoms with Gasteiger partial charge < -0.3 is 15.1 Å². The van der Waals surface area contributed by atoms with Gasteiger partial charge in [-0.2, -0.15) is 0 Å². The van der Waals surface area contributed by atoms with Crippen molar-refractivity contribution < 1.29 is 0 Å². The van der Waals surface area contributed by atoms with Gasteiger partial charge in [0.15, 0.2) is 0 Å². The molecular formula is C17H37N3. The smallest absolute Gasteiger partial charge is 0.0217 e. The van der Waals surface area contributed by atoms with Crippen molar-refractivity contribution in [2.24, 2.45) is 11.8 Å². The summed E-state index contributed by atoms with van der Waals surface area (Å²) in [4.78, 5) is 5.00. The molecule has 1 heterocycles. The van der Waals surface area contributed by atoms with E-state index in [1.54, 1.807) is 0 Å². The van der Waals surface area contributed by atoms with E-state index < -0.39 is 0 Å². The second-order valence-electron chi connectivity index (χ2n) is 7.62. The van der Waals surface area contributed by atoms with Gasteiger partial charge in [0, 0.05) is 25.2 Å². The average Bonchev–Trinajstić information content (AvgIpc) is 2.34. The summed E-state index contributed by atoms with van der Waals surface area (Å²) in [5, 5.41) is 3.81. The molecule has 1 fully saturated rings. The Labute approximate surface area is 127 Å². The minimum Gasteiger partial charge on any atom is -0.312 e. The standard InChI is InChI=1S/C17H37N3/c1-14(2)11-17(19(5)6)12-18-16-7-9-20(10-8-16)13-15(3)4/h14-18H,7-13H2,1-6H3. The van der Waals surface area contributed by atoms with Gasteiger partial charge in [0.2, 0.25) is 0 Å². The fourth-order valence-electron chi connectivity index (χ4n) is 3.16. The van der Waals surface area contributed by atoms with Crippen LogP contribution in [0.2, 0.25) is 0 Å². The third-order valence-corrected chi connectivity index (χ3v) is 4.33. The first kappa shape index (κ1) is 17.9. The Bertz CT molecular complexity index is 243. The van der Waals surface area contributed by atoms with Gasteiger partial charge >= 0.3 is 0 Å². The van der Waals surface area contributed by atoms with Crippen molar-refractivity contribution in [3.05, 3.63) is 0 Å². The lowest BCUT2D eigenvalue weighted by Gasteiger charge is -2.35. The molecule has 1 unspecified atom stereocenters. The topological polar surface area (TPSA) is 18.5 Å². The molecular weight excluding hydrogens is 246 g/mol. The summed E-state index contributed by atoms with van der Waals surface area (Å²) < 4.78 is 0. The normalized spacial score (nSPS) is 20.2. The maximum Gasteiger partial charge on any atom is 0.0217 e. The second kappa shape index (κ2) is 9.01. The molecule has 0 radical (unpaired) electrons. The van der Waals surface area contributed by atoms with Gasteiger partial charge in [-0.25, -0.2) is 0 Å². The zero-order chi connectivity index (χ0) is 15.1. The van der Waals surface area contributed by atoms with Gasteiger partial charge in [-0.3, -0.25) is 0 Å². The minimum atomic E-state index is 0.670. The van der Waals surface area contributed by atoms with Crippen LogP contribution >= 0.6 is 0 Å². The molecule has 1 atom stereocenters. The van der Waals surface area contributed by atoms with Crippen LogP contribution in [0.5, 0.6) is 0 Å². The number of rotatable bonds is 8. The van der Waals surface area contributed by atoms with Crippen LogP contribution in [0.1, 0.15) is 47.0 Å². The molecule has 0 aromatic carbocycles. The second-order valence-corrected chi connectivity index (χ2v) is 7.62. The van der Waals surface area contributed by atoms with Crippen LogP contribution in [0.25, 0.3) is 0 Å². The SMILES string of the molecule is CC(C)CC(CNC1CCN(CC(C)C)CC1)N(C)C. The lowest BCUT2D eigenvalue weighted by molar-refractivity contribution is 0.170. The summed E-state index contributed by atoms with van der Waals surface area (Å²) in [5.41, 5.74) is 0. The lowest BCUT2D eigenvalue weighted by Crippen LogP contribution is -2.47. The summed E-state index contributed by atoms with van der Waals surface area (Å²) in [6, 6.07) is 1.40. The molecule has 1 aliphatic rings. The Morgan fingerprint density at radius 1 is 1.05 bits per heavy atom. The molecule has 1 saturated heterocycles. The Morgan fingerprint density at radius 3 is 2.10 bits per heavy atom. The van der Waals surface area contributed by atoms with Gasteiger partial charge in [0.1, 0.15) is 0 Å². The van der Waals surface area contributed by atoms with Crippen LogP contribution in [0.3, 0.4) is 0 Å². The van der Waals surface area contributed by atoms with Crippen LogP contribution < -0.4 is 5.32 Å². The molecule has 120 valence electrons. The van der Waals surface area contributed by atoms with Crippen molar-refractivity contribution in [2.75, 3.05) is 40.3 Å². The molecule has 1 N–H and O–H groups in total. The highest BCUT2D eigenvalue weighted by atomic mass is 15.2. The van der Waals surface area contributed by atoms with E-state index in [-0.39, 0.29) is 0 Å². The summed E-state index contributed by atoms with van der Waals surface area (Å²) in [6.07, 6.45) is 3.91. The van der Waals surface area contributed by atoms with E-state index in [4.69, 9.17) is 0 Å². The number of piperidine rings is 1. The predicted octanol–water partition coefficient (Wildman–Crippen LogP) is 2.67. The molecule has 0 aromatic heterocycles. The third kappa shape index (κ3) is 7.05. The summed E-state index contributed by atoms with van der Waals surface area (Å²) in [6.45, 7) is 14.2. The molecule has 0 amide bonds. The molecule has 0 aromatic rings. The minimum absolute atomic E-state index is 0.670. The van der Waals surface area contributed by atoms with Gasteiger partial charge in [-0.15, -0.1) is 0 Å². The monoisotopic (exact) mass is 283 g/mol. The predicted molar refractivity (Wildman–Crippen MR) is 89.2 cm³/mol. The molecule has 20 heavy (non-hydrogen) atoms. The molecule has 1 rings (SSSR count). The number of nitrogens with one attached hydrogen (secondary N) is 1. The van der Waals surface area contributed by atoms with E-state index in [2.05, 4.69) is 56.9 Å². The third-order valence-electron chi connectivity index (χ3n) is 4.33. The maximum atomic E-state index is 3.81. The Kier molecular flexibility index (Phi) is 8.08. The molecule has 1 aliphatic heterocycles. The average molecular weight is 284 g/mol. The van der Waals surface area contributed by atoms with Crippen molar-refractivity contribution in [3.63, 3.8) is 0 Å². The first-order valence-electron chi connectivity index (χ1n) is 8.50. The first-order valence-corrected chi connectivity index (χ1v) is 8.50. The van der Waals surface area contributed by atoms with Gasteiger partial charge in [0.05, 0.1) is 0 Å². The van der Waals surface area contributed by atoms with Crippen molar-refractivity contribution in [1.82, 2.24) is 15.1 Å². The van der Waals surface area contributed by atoms with Gasteiger partial charge in [-0.05, 0) is 58.3 Å². The largest absolute Gasteiger partial charge is 0.312 e. The number of likely N-dealkylation sites (tertiary alicyclic amines) is 1. The highest BCUT2D eigenvalue weighted by Gasteiger charge is 2.21. The lowest BCUT2D eigenvalue weighted by atomic mass is 10.0. The van der Waals surface area contributed by atoms with Crippen LogP contribution in [0.15, 0.2) is 0 Å². The number of hydrogen-bond acceptors (Lipinski definition) is 3. The molecule has 0 saturated carbocycles. The van der Waals surface area contributed by atoms with E-state index in [0.717, 1.165) is 24.4 Å². The fraction of sp³-hybridized carbons (Fsp3) is 1.00. The molecule has 3 nitrogen and oxygen atoms in total. The van der Waals surface area contributed by atoms with Crippen molar-refractivity contribution in [2.45, 2.75) is 59.0 Å². The van der Waals surface area contributed by atoms with Crippen molar-refractivity contribution >= 4 is 0 Å². The Morgan fingerprint density at radius 2 is 1.65 bits per heavy atom. The van der Waals surface area contributed by atoms with Crippen LogP contribution in [-0.2, 0) is 0 Å². The molecule has 0 spiro atoms. The fourth-order valence-corrected chi connectivity index (χ4v) is 3.16. The zero-order valence-electron chi connectivity index (χ0n) is 14.7. The quantitative estimate of drug-likeness (QED) is 0.739. The highest BCUT2D eigenvalue weighted by molar-refractivity contribution is 4.80. The first-order chi connectivity index (χ1) is 9.38. The van der Waals surface area contributed by atoms with E-state index >= 15 is 0 Å². The highest BCUT2D eigenvalue weighted by Crippen LogP contribution is 2.13.